The van der Waals surface area contributed by atoms with E-state index in [0.29, 0.717) is 0 Å². The SMILES string of the molecule is OC[C@@H](O)[C@@H](O)[C@H](O)[C@@H](O)CO.c1cc2occc2o1. The van der Waals surface area contributed by atoms with Crippen molar-refractivity contribution in [3.8, 4) is 0 Å². The van der Waals surface area contributed by atoms with Gasteiger partial charge in [-0.1, -0.05) is 0 Å². The Morgan fingerprint density at radius 3 is 1.40 bits per heavy atom. The van der Waals surface area contributed by atoms with Crippen molar-refractivity contribution in [1.82, 2.24) is 0 Å². The minimum absolute atomic E-state index is 0.726. The highest BCUT2D eigenvalue weighted by Crippen LogP contribution is 2.14. The molecule has 4 atom stereocenters. The quantitative estimate of drug-likeness (QED) is 0.387. The first-order valence-corrected chi connectivity index (χ1v) is 5.86. The molecular weight excluding hydrogens is 272 g/mol. The number of rotatable bonds is 5. The van der Waals surface area contributed by atoms with Gasteiger partial charge in [0.05, 0.1) is 25.7 Å². The average molecular weight is 290 g/mol. The Hall–Kier alpha value is -1.42. The van der Waals surface area contributed by atoms with Crippen LogP contribution in [0.1, 0.15) is 0 Å². The van der Waals surface area contributed by atoms with Gasteiger partial charge in [0.1, 0.15) is 24.4 Å². The monoisotopic (exact) mass is 290 g/mol. The minimum atomic E-state index is -1.67. The lowest BCUT2D eigenvalue weighted by molar-refractivity contribution is -0.123. The topological polar surface area (TPSA) is 148 Å². The molecule has 0 fully saturated rings. The first-order chi connectivity index (χ1) is 9.51. The zero-order chi connectivity index (χ0) is 15.1. The van der Waals surface area contributed by atoms with Gasteiger partial charge in [0.2, 0.25) is 0 Å². The summed E-state index contributed by atoms with van der Waals surface area (Å²) in [4.78, 5) is 0. The van der Waals surface area contributed by atoms with Crippen LogP contribution in [0.4, 0.5) is 0 Å². The number of aliphatic hydroxyl groups excluding tert-OH is 6. The molecule has 0 amide bonds. The van der Waals surface area contributed by atoms with Crippen molar-refractivity contribution in [3.05, 3.63) is 24.7 Å². The second-order valence-corrected chi connectivity index (χ2v) is 4.05. The molecule has 0 aromatic carbocycles. The van der Waals surface area contributed by atoms with Crippen LogP contribution in [-0.2, 0) is 0 Å². The Bertz CT molecular complexity index is 413. The van der Waals surface area contributed by atoms with Gasteiger partial charge in [-0.25, -0.2) is 0 Å². The van der Waals surface area contributed by atoms with E-state index in [1.807, 2.05) is 0 Å². The molecule has 0 spiro atoms. The highest BCUT2D eigenvalue weighted by Gasteiger charge is 2.29. The summed E-state index contributed by atoms with van der Waals surface area (Å²) < 4.78 is 9.93. The van der Waals surface area contributed by atoms with Crippen LogP contribution in [0.5, 0.6) is 0 Å². The molecule has 0 aliphatic rings. The Labute approximate surface area is 114 Å². The summed E-state index contributed by atoms with van der Waals surface area (Å²) in [6, 6.07) is 3.57. The van der Waals surface area contributed by atoms with Crippen LogP contribution in [0, 0.1) is 0 Å². The molecule has 2 rings (SSSR count). The Kier molecular flexibility index (Phi) is 6.65. The lowest BCUT2D eigenvalue weighted by atomic mass is 10.0. The van der Waals surface area contributed by atoms with E-state index in [2.05, 4.69) is 0 Å². The highest BCUT2D eigenvalue weighted by atomic mass is 16.4. The summed E-state index contributed by atoms with van der Waals surface area (Å²) in [6.07, 6.45) is -3.18. The molecule has 0 aliphatic carbocycles. The van der Waals surface area contributed by atoms with E-state index in [1.165, 1.54) is 0 Å². The van der Waals surface area contributed by atoms with Crippen LogP contribution in [0.2, 0.25) is 0 Å². The van der Waals surface area contributed by atoms with Gasteiger partial charge in [-0.05, 0) is 0 Å². The molecule has 8 nitrogen and oxygen atoms in total. The van der Waals surface area contributed by atoms with E-state index in [0.717, 1.165) is 11.2 Å². The molecule has 0 unspecified atom stereocenters. The van der Waals surface area contributed by atoms with E-state index in [1.54, 1.807) is 24.7 Å². The molecule has 8 heteroatoms. The summed E-state index contributed by atoms with van der Waals surface area (Å²) >= 11 is 0. The summed E-state index contributed by atoms with van der Waals surface area (Å²) in [5.74, 6) is 0. The average Bonchev–Trinajstić information content (AvgIpc) is 3.08. The van der Waals surface area contributed by atoms with Crippen molar-refractivity contribution in [2.75, 3.05) is 13.2 Å². The second-order valence-electron chi connectivity index (χ2n) is 4.05. The van der Waals surface area contributed by atoms with E-state index < -0.39 is 37.6 Å². The predicted molar refractivity (Wildman–Crippen MR) is 66.7 cm³/mol. The number of aliphatic hydroxyl groups is 6. The van der Waals surface area contributed by atoms with Gasteiger partial charge in [0.15, 0.2) is 11.2 Å². The molecular formula is C12H18O8. The van der Waals surface area contributed by atoms with Crippen LogP contribution in [0.15, 0.2) is 33.5 Å². The van der Waals surface area contributed by atoms with Crippen molar-refractivity contribution in [2.24, 2.45) is 0 Å². The molecule has 6 N–H and O–H groups in total. The number of hydrogen-bond acceptors (Lipinski definition) is 8. The second kappa shape index (κ2) is 8.00. The van der Waals surface area contributed by atoms with E-state index >= 15 is 0 Å². The third-order valence-electron chi connectivity index (χ3n) is 2.58. The molecule has 2 heterocycles. The van der Waals surface area contributed by atoms with Gasteiger partial charge in [-0.15, -0.1) is 0 Å². The van der Waals surface area contributed by atoms with Crippen molar-refractivity contribution < 1.29 is 39.5 Å². The predicted octanol–water partition coefficient (Wildman–Crippen LogP) is -1.56. The van der Waals surface area contributed by atoms with Crippen LogP contribution in [0.25, 0.3) is 11.2 Å². The molecule has 20 heavy (non-hydrogen) atoms. The van der Waals surface area contributed by atoms with Crippen LogP contribution in [0.3, 0.4) is 0 Å². The molecule has 114 valence electrons. The van der Waals surface area contributed by atoms with Gasteiger partial charge in [-0.3, -0.25) is 0 Å². The summed E-state index contributed by atoms with van der Waals surface area (Å²) in [5.41, 5.74) is 1.62. The maximum Gasteiger partial charge on any atom is 0.172 e. The van der Waals surface area contributed by atoms with Crippen molar-refractivity contribution in [3.63, 3.8) is 0 Å². The van der Waals surface area contributed by atoms with Gasteiger partial charge in [0, 0.05) is 12.1 Å². The Morgan fingerprint density at radius 1 is 0.750 bits per heavy atom. The highest BCUT2D eigenvalue weighted by molar-refractivity contribution is 5.69. The van der Waals surface area contributed by atoms with Crippen LogP contribution >= 0.6 is 0 Å². The maximum atomic E-state index is 8.96. The fourth-order valence-electron chi connectivity index (χ4n) is 1.37. The zero-order valence-corrected chi connectivity index (χ0v) is 10.5. The first-order valence-electron chi connectivity index (χ1n) is 5.86. The molecule has 0 aliphatic heterocycles. The lowest BCUT2D eigenvalue weighted by Gasteiger charge is -2.24. The molecule has 0 saturated carbocycles. The molecule has 2 aromatic rings. The summed E-state index contributed by atoms with van der Waals surface area (Å²) in [5, 5.41) is 52.2. The summed E-state index contributed by atoms with van der Waals surface area (Å²) in [6.45, 7) is -1.45. The van der Waals surface area contributed by atoms with Gasteiger partial charge < -0.3 is 39.5 Å². The lowest BCUT2D eigenvalue weighted by Crippen LogP contribution is -2.46. The normalized spacial score (nSPS) is 17.1. The molecule has 2 aromatic heterocycles. The zero-order valence-electron chi connectivity index (χ0n) is 10.5. The fourth-order valence-corrected chi connectivity index (χ4v) is 1.37. The van der Waals surface area contributed by atoms with Gasteiger partial charge in [-0.2, -0.15) is 0 Å². The largest absolute Gasteiger partial charge is 0.461 e. The molecule has 0 bridgehead atoms. The maximum absolute atomic E-state index is 8.96. The summed E-state index contributed by atoms with van der Waals surface area (Å²) in [7, 11) is 0. The Balaban J connectivity index is 0.000000212. The Morgan fingerprint density at radius 2 is 1.10 bits per heavy atom. The smallest absolute Gasteiger partial charge is 0.172 e. The third kappa shape index (κ3) is 4.30. The molecule has 0 saturated heterocycles. The van der Waals surface area contributed by atoms with Crippen molar-refractivity contribution in [2.45, 2.75) is 24.4 Å². The standard InChI is InChI=1S/C6H14O6.C6H4O2/c7-1-3(9)5(11)6(12)4(10)2-8;1-3-7-6-2-4-8-5(1)6/h3-12H,1-2H2;1-4H/t3-,4+,5-,6-;/m1./s1. The molecule has 0 radical (unpaired) electrons. The van der Waals surface area contributed by atoms with Gasteiger partial charge in [0.25, 0.3) is 0 Å². The van der Waals surface area contributed by atoms with Crippen molar-refractivity contribution in [1.29, 1.82) is 0 Å². The van der Waals surface area contributed by atoms with E-state index in [-0.39, 0.29) is 0 Å². The third-order valence-corrected chi connectivity index (χ3v) is 2.58. The number of furan rings is 2. The fraction of sp³-hybridized carbons (Fsp3) is 0.500. The number of fused-ring (bicyclic) bond motifs is 1. The van der Waals surface area contributed by atoms with E-state index in [4.69, 9.17) is 39.5 Å². The van der Waals surface area contributed by atoms with Crippen LogP contribution < -0.4 is 0 Å². The number of hydrogen-bond donors (Lipinski definition) is 6. The van der Waals surface area contributed by atoms with Crippen molar-refractivity contribution >= 4 is 11.2 Å². The van der Waals surface area contributed by atoms with Crippen LogP contribution in [-0.4, -0.2) is 68.3 Å². The minimum Gasteiger partial charge on any atom is -0.461 e. The first kappa shape index (κ1) is 16.6. The van der Waals surface area contributed by atoms with Gasteiger partial charge >= 0.3 is 0 Å². The van der Waals surface area contributed by atoms with E-state index in [9.17, 15) is 0 Å².